The average molecular weight is 676 g/mol. The summed E-state index contributed by atoms with van der Waals surface area (Å²) >= 11 is 0. The van der Waals surface area contributed by atoms with Crippen LogP contribution in [0.2, 0.25) is 0 Å². The van der Waals surface area contributed by atoms with Crippen molar-refractivity contribution in [1.82, 2.24) is 40.4 Å². The molecule has 1 saturated heterocycles. The van der Waals surface area contributed by atoms with E-state index >= 15 is 0 Å². The third-order valence-corrected chi connectivity index (χ3v) is 6.17. The molecule has 1 aliphatic heterocycles. The number of halogens is 6. The second-order valence-electron chi connectivity index (χ2n) is 9.90. The Bertz CT molecular complexity index is 1390. The van der Waals surface area contributed by atoms with Gasteiger partial charge in [0, 0.05) is 33.3 Å². The molecule has 4 rings (SSSR count). The summed E-state index contributed by atoms with van der Waals surface area (Å²) in [6, 6.07) is 0.278. The lowest BCUT2D eigenvalue weighted by atomic mass is 9.57. The SMILES string of the molecule is CC.CC(C)(OCCc1cn2ncccc2n1)C(F)(F)F.CNC(=O)c1nonc1C.[B]C1([B])C(C(F)(F)F)NC(=O)N1CCOC. The van der Waals surface area contributed by atoms with Crippen molar-refractivity contribution in [1.29, 1.82) is 0 Å². The molecule has 3 amide bonds. The molecule has 1 fully saturated rings. The minimum atomic E-state index is -4.69. The topological polar surface area (TPSA) is 149 Å². The maximum absolute atomic E-state index is 12.6. The van der Waals surface area contributed by atoms with Gasteiger partial charge < -0.3 is 25.0 Å². The number of carbonyl (C=O) groups is 2. The Balaban J connectivity index is 0.000000358. The van der Waals surface area contributed by atoms with Crippen molar-refractivity contribution in [2.24, 2.45) is 0 Å². The van der Waals surface area contributed by atoms with Gasteiger partial charge >= 0.3 is 18.4 Å². The predicted octanol–water partition coefficient (Wildman–Crippen LogP) is 2.97. The number of methoxy groups -OCH3 is 1. The standard InChI is InChI=1S/C12H14F3N3O.C7H9B2F3N2O2.C5H7N3O2.C2H6/c1-11(2,12(13,14)15)19-7-5-9-8-18-10(17-9)4-3-6-16-18;1-16-3-2-14-5(15)13-4(6(14,8)9)7(10,11)12;1-3-4(5(9)6-2)8-10-7-3;1-2/h3-4,6,8H,5,7H2,1-2H3;4H,2-3H2,1H3,(H,13,15);1-2H3,(H,6,9);1-2H3. The molecule has 0 aromatic carbocycles. The summed E-state index contributed by atoms with van der Waals surface area (Å²) in [6.07, 6.45) is -5.47. The predicted molar refractivity (Wildman–Crippen MR) is 158 cm³/mol. The highest BCUT2D eigenvalue weighted by Gasteiger charge is 2.57. The van der Waals surface area contributed by atoms with E-state index in [0.29, 0.717) is 28.4 Å². The van der Waals surface area contributed by atoms with Crippen molar-refractivity contribution in [3.8, 4) is 0 Å². The number of aromatic nitrogens is 5. The minimum absolute atomic E-state index is 0.0452. The third-order valence-electron chi connectivity index (χ3n) is 6.17. The molecule has 0 bridgehead atoms. The molecule has 3 aromatic heterocycles. The number of hydrogen-bond donors (Lipinski definition) is 2. The summed E-state index contributed by atoms with van der Waals surface area (Å²) in [7, 11) is 13.5. The Labute approximate surface area is 269 Å². The molecule has 4 heterocycles. The summed E-state index contributed by atoms with van der Waals surface area (Å²) in [5.41, 5.74) is -0.101. The Kier molecular flexibility index (Phi) is 15.2. The molecular weight excluding hydrogens is 640 g/mol. The first-order valence-corrected chi connectivity index (χ1v) is 14.0. The monoisotopic (exact) mass is 676 g/mol. The first-order chi connectivity index (χ1) is 21.8. The van der Waals surface area contributed by atoms with Gasteiger partial charge in [-0.1, -0.05) is 19.0 Å². The van der Waals surface area contributed by atoms with Crippen LogP contribution in [0.3, 0.4) is 0 Å². The number of fused-ring (bicyclic) bond motifs is 1. The Morgan fingerprint density at radius 3 is 2.26 bits per heavy atom. The van der Waals surface area contributed by atoms with Gasteiger partial charge in [0.15, 0.2) is 16.9 Å². The molecule has 2 N–H and O–H groups in total. The number of alkyl halides is 6. The van der Waals surface area contributed by atoms with E-state index in [1.54, 1.807) is 41.3 Å². The van der Waals surface area contributed by atoms with E-state index in [0.717, 1.165) is 13.8 Å². The molecule has 21 heteroatoms. The summed E-state index contributed by atoms with van der Waals surface area (Å²) in [5.74, 6) is -0.279. The fraction of sp³-hybridized carbons (Fsp3) is 0.615. The van der Waals surface area contributed by atoms with Gasteiger partial charge in [-0.2, -0.15) is 31.4 Å². The molecular formula is C26H36B2F6N8O5. The van der Waals surface area contributed by atoms with Crippen molar-refractivity contribution < 1.29 is 50.0 Å². The van der Waals surface area contributed by atoms with Crippen LogP contribution >= 0.6 is 0 Å². The maximum atomic E-state index is 12.6. The van der Waals surface area contributed by atoms with E-state index < -0.39 is 35.4 Å². The van der Waals surface area contributed by atoms with Crippen LogP contribution in [0.25, 0.3) is 5.65 Å². The van der Waals surface area contributed by atoms with Crippen LogP contribution in [-0.2, 0) is 15.9 Å². The van der Waals surface area contributed by atoms with Crippen LogP contribution in [0, 0.1) is 6.92 Å². The Hall–Kier alpha value is -3.87. The van der Waals surface area contributed by atoms with Gasteiger partial charge in [0.25, 0.3) is 5.91 Å². The summed E-state index contributed by atoms with van der Waals surface area (Å²) < 4.78 is 90.6. The molecule has 13 nitrogen and oxygen atoms in total. The lowest BCUT2D eigenvalue weighted by Crippen LogP contribution is -2.59. The molecule has 0 saturated carbocycles. The average Bonchev–Trinajstić information content (AvgIpc) is 3.67. The molecule has 47 heavy (non-hydrogen) atoms. The lowest BCUT2D eigenvalue weighted by molar-refractivity contribution is -0.263. The quantitative estimate of drug-likeness (QED) is 0.272. The number of nitrogens with one attached hydrogen (secondary N) is 2. The van der Waals surface area contributed by atoms with Crippen molar-refractivity contribution >= 4 is 33.3 Å². The van der Waals surface area contributed by atoms with Gasteiger partial charge in [0.2, 0.25) is 0 Å². The van der Waals surface area contributed by atoms with Gasteiger partial charge in [-0.3, -0.25) is 4.79 Å². The molecule has 3 aromatic rings. The number of aryl methyl sites for hydroxylation is 1. The Morgan fingerprint density at radius 1 is 1.15 bits per heavy atom. The van der Waals surface area contributed by atoms with E-state index in [4.69, 9.17) is 20.4 Å². The fourth-order valence-electron chi connectivity index (χ4n) is 3.52. The van der Waals surface area contributed by atoms with E-state index in [1.165, 1.54) is 14.2 Å². The molecule has 1 atom stereocenters. The molecule has 0 spiro atoms. The zero-order valence-electron chi connectivity index (χ0n) is 26.9. The van der Waals surface area contributed by atoms with Gasteiger partial charge in [-0.05, 0) is 43.4 Å². The van der Waals surface area contributed by atoms with E-state index in [-0.39, 0.29) is 31.4 Å². The first-order valence-electron chi connectivity index (χ1n) is 14.0. The zero-order chi connectivity index (χ0) is 36.2. The van der Waals surface area contributed by atoms with Crippen LogP contribution in [0.15, 0.2) is 29.2 Å². The van der Waals surface area contributed by atoms with E-state index in [2.05, 4.69) is 35.1 Å². The Morgan fingerprint density at radius 2 is 1.79 bits per heavy atom. The number of ether oxygens (including phenoxy) is 2. The van der Waals surface area contributed by atoms with Crippen molar-refractivity contribution in [2.45, 2.75) is 70.4 Å². The second kappa shape index (κ2) is 17.3. The van der Waals surface area contributed by atoms with Gasteiger partial charge in [0.1, 0.15) is 11.7 Å². The number of carbonyl (C=O) groups excluding carboxylic acids is 2. The highest BCUT2D eigenvalue weighted by atomic mass is 19.4. The summed E-state index contributed by atoms with van der Waals surface area (Å²) in [4.78, 5) is 27.0. The fourth-order valence-corrected chi connectivity index (χ4v) is 3.52. The van der Waals surface area contributed by atoms with Crippen LogP contribution in [-0.4, -0.2) is 121 Å². The first kappa shape index (κ1) is 41.2. The van der Waals surface area contributed by atoms with Gasteiger partial charge in [0.05, 0.1) is 40.8 Å². The highest BCUT2D eigenvalue weighted by Crippen LogP contribution is 2.33. The van der Waals surface area contributed by atoms with Gasteiger partial charge in [-0.25, -0.2) is 18.9 Å². The second-order valence-corrected chi connectivity index (χ2v) is 9.90. The summed E-state index contributed by atoms with van der Waals surface area (Å²) in [6.45, 7) is 7.57. The highest BCUT2D eigenvalue weighted by molar-refractivity contribution is 6.42. The van der Waals surface area contributed by atoms with Crippen molar-refractivity contribution in [3.63, 3.8) is 0 Å². The summed E-state index contributed by atoms with van der Waals surface area (Å²) in [5, 5.41) is 12.7. The van der Waals surface area contributed by atoms with Crippen LogP contribution in [0.4, 0.5) is 31.1 Å². The van der Waals surface area contributed by atoms with E-state index in [9.17, 15) is 35.9 Å². The maximum Gasteiger partial charge on any atom is 0.416 e. The molecule has 0 aliphatic carbocycles. The molecule has 1 unspecified atom stereocenters. The molecule has 258 valence electrons. The van der Waals surface area contributed by atoms with Crippen molar-refractivity contribution in [3.05, 3.63) is 41.6 Å². The van der Waals surface area contributed by atoms with Crippen LogP contribution in [0.5, 0.6) is 0 Å². The molecule has 4 radical (unpaired) electrons. The number of urea groups is 1. The zero-order valence-corrected chi connectivity index (χ0v) is 26.9. The largest absolute Gasteiger partial charge is 0.416 e. The number of imidazole rings is 1. The van der Waals surface area contributed by atoms with Crippen LogP contribution < -0.4 is 10.6 Å². The number of nitrogens with zero attached hydrogens (tertiary/aromatic N) is 6. The van der Waals surface area contributed by atoms with Gasteiger partial charge in [-0.15, -0.1) is 0 Å². The van der Waals surface area contributed by atoms with Crippen LogP contribution in [0.1, 0.15) is 49.6 Å². The number of hydrogen-bond acceptors (Lipinski definition) is 9. The minimum Gasteiger partial charge on any atom is -0.383 e. The van der Waals surface area contributed by atoms with E-state index in [1.807, 2.05) is 13.8 Å². The third kappa shape index (κ3) is 11.4. The van der Waals surface area contributed by atoms with Crippen molar-refractivity contribution in [2.75, 3.05) is 33.9 Å². The number of amides is 3. The lowest BCUT2D eigenvalue weighted by Gasteiger charge is -2.35. The normalized spacial score (nSPS) is 15.8. The smallest absolute Gasteiger partial charge is 0.383 e. The number of rotatable bonds is 8. The molecule has 1 aliphatic rings.